The van der Waals surface area contributed by atoms with Gasteiger partial charge >= 0.3 is 0 Å². The molecule has 0 bridgehead atoms. The molecule has 0 radical (unpaired) electrons. The van der Waals surface area contributed by atoms with Crippen molar-refractivity contribution < 1.29 is 8.83 Å². The van der Waals surface area contributed by atoms with E-state index in [1.165, 1.54) is 27.6 Å². The monoisotopic (exact) mass is 732 g/mol. The van der Waals surface area contributed by atoms with Gasteiger partial charge in [0.25, 0.3) is 0 Å². The van der Waals surface area contributed by atoms with Crippen molar-refractivity contribution in [3.8, 4) is 56.7 Å². The van der Waals surface area contributed by atoms with Crippen LogP contribution in [0.25, 0.3) is 111 Å². The number of oxazole rings is 1. The van der Waals surface area contributed by atoms with Crippen molar-refractivity contribution in [2.24, 2.45) is 0 Å². The average Bonchev–Trinajstić information content (AvgIpc) is 3.94. The third-order valence-electron chi connectivity index (χ3n) is 11.7. The molecular weight excluding hydrogens is 701 g/mol. The summed E-state index contributed by atoms with van der Waals surface area (Å²) in [6.07, 6.45) is 0. The molecule has 0 atom stereocenters. The number of fused-ring (bicyclic) bond motifs is 11. The highest BCUT2D eigenvalue weighted by Crippen LogP contribution is 2.49. The van der Waals surface area contributed by atoms with Gasteiger partial charge in [-0.25, -0.2) is 19.9 Å². The Balaban J connectivity index is 1.08. The molecule has 0 saturated carbocycles. The molecule has 6 heteroatoms. The lowest BCUT2D eigenvalue weighted by molar-refractivity contribution is 0.622. The topological polar surface area (TPSA) is 77.8 Å². The molecule has 268 valence electrons. The first-order valence-corrected chi connectivity index (χ1v) is 19.2. The fraction of sp³-hybridized carbons (Fsp3) is 0.0588. The van der Waals surface area contributed by atoms with E-state index in [4.69, 9.17) is 28.8 Å². The highest BCUT2D eigenvalue weighted by atomic mass is 16.4. The van der Waals surface area contributed by atoms with Gasteiger partial charge in [-0.15, -0.1) is 0 Å². The van der Waals surface area contributed by atoms with Gasteiger partial charge in [-0.05, 0) is 92.3 Å². The minimum Gasteiger partial charge on any atom is -0.456 e. The number of hydrogen-bond donors (Lipinski definition) is 0. The molecular formula is C51H32N4O2. The summed E-state index contributed by atoms with van der Waals surface area (Å²) in [5, 5.41) is 6.24. The summed E-state index contributed by atoms with van der Waals surface area (Å²) in [5.74, 6) is 2.40. The van der Waals surface area contributed by atoms with Gasteiger partial charge in [-0.2, -0.15) is 0 Å². The zero-order chi connectivity index (χ0) is 37.8. The number of nitrogens with zero attached hydrogens (tertiary/aromatic N) is 4. The minimum atomic E-state index is -0.0982. The van der Waals surface area contributed by atoms with E-state index in [9.17, 15) is 0 Å². The third kappa shape index (κ3) is 4.83. The van der Waals surface area contributed by atoms with Crippen molar-refractivity contribution >= 4 is 54.6 Å². The number of rotatable bonds is 4. The van der Waals surface area contributed by atoms with Crippen LogP contribution in [0.15, 0.2) is 167 Å². The number of hydrogen-bond acceptors (Lipinski definition) is 6. The van der Waals surface area contributed by atoms with E-state index in [0.29, 0.717) is 28.9 Å². The van der Waals surface area contributed by atoms with Crippen LogP contribution in [0.4, 0.5) is 0 Å². The van der Waals surface area contributed by atoms with Crippen LogP contribution in [0, 0.1) is 0 Å². The molecule has 3 heterocycles. The quantitative estimate of drug-likeness (QED) is 0.179. The summed E-state index contributed by atoms with van der Waals surface area (Å²) in [6.45, 7) is 4.59. The second-order valence-corrected chi connectivity index (χ2v) is 15.4. The SMILES string of the molecule is CC1(C)c2ccccc2-c2cc(-c3nc(-c4ccc5ccccc5c4)nc(-c4ccc5ccc6oc7ccc8nc(-c9ccccc9)oc8c7c6c5c4)n3)ccc21. The lowest BCUT2D eigenvalue weighted by atomic mass is 9.82. The molecule has 12 rings (SSSR count). The van der Waals surface area contributed by atoms with Crippen molar-refractivity contribution in [3.05, 3.63) is 169 Å². The Labute approximate surface area is 327 Å². The zero-order valence-electron chi connectivity index (χ0n) is 31.1. The summed E-state index contributed by atoms with van der Waals surface area (Å²) in [6, 6.07) is 54.6. The molecule has 6 nitrogen and oxygen atoms in total. The Kier molecular flexibility index (Phi) is 6.59. The molecule has 11 aromatic rings. The van der Waals surface area contributed by atoms with Gasteiger partial charge in [0.05, 0.1) is 5.39 Å². The summed E-state index contributed by atoms with van der Waals surface area (Å²) in [7, 11) is 0. The van der Waals surface area contributed by atoms with Crippen LogP contribution in [0.2, 0.25) is 0 Å². The van der Waals surface area contributed by atoms with E-state index < -0.39 is 0 Å². The predicted molar refractivity (Wildman–Crippen MR) is 229 cm³/mol. The Bertz CT molecular complexity index is 3450. The maximum absolute atomic E-state index is 6.52. The fourth-order valence-electron chi connectivity index (χ4n) is 8.85. The standard InChI is InChI=1S/C51H32N4O2/c1-51(2)39-15-9-8-14-36(39)38-28-35(20-22-40(38)51)49-54-47(33-18-16-29-10-6-7-13-32(29)26-33)53-48(55-49)34-19-17-30-21-24-42-44(37(30)27-34)45-43(56-42)25-23-41-46(45)57-50(52-41)31-11-4-3-5-12-31/h3-28H,1-2H3. The lowest BCUT2D eigenvalue weighted by Gasteiger charge is -2.21. The summed E-state index contributed by atoms with van der Waals surface area (Å²) in [4.78, 5) is 20.5. The number of benzene rings is 8. The highest BCUT2D eigenvalue weighted by molar-refractivity contribution is 6.25. The average molecular weight is 733 g/mol. The Morgan fingerprint density at radius 3 is 1.86 bits per heavy atom. The van der Waals surface area contributed by atoms with Crippen LogP contribution in [0.3, 0.4) is 0 Å². The largest absolute Gasteiger partial charge is 0.456 e. The minimum absolute atomic E-state index is 0.0982. The van der Waals surface area contributed by atoms with Gasteiger partial charge in [-0.1, -0.05) is 123 Å². The van der Waals surface area contributed by atoms with Crippen LogP contribution < -0.4 is 0 Å². The molecule has 57 heavy (non-hydrogen) atoms. The predicted octanol–water partition coefficient (Wildman–Crippen LogP) is 13.2. The first kappa shape index (κ1) is 31.9. The third-order valence-corrected chi connectivity index (χ3v) is 11.7. The van der Waals surface area contributed by atoms with Crippen molar-refractivity contribution in [3.63, 3.8) is 0 Å². The molecule has 0 N–H and O–H groups in total. The summed E-state index contributed by atoms with van der Waals surface area (Å²) < 4.78 is 13.0. The summed E-state index contributed by atoms with van der Waals surface area (Å²) >= 11 is 0. The first-order chi connectivity index (χ1) is 28.0. The second-order valence-electron chi connectivity index (χ2n) is 15.4. The Morgan fingerprint density at radius 1 is 0.421 bits per heavy atom. The van der Waals surface area contributed by atoms with Crippen molar-refractivity contribution in [2.45, 2.75) is 19.3 Å². The van der Waals surface area contributed by atoms with Crippen molar-refractivity contribution in [1.82, 2.24) is 19.9 Å². The second kappa shape index (κ2) is 11.8. The van der Waals surface area contributed by atoms with Gasteiger partial charge in [0.2, 0.25) is 5.89 Å². The zero-order valence-corrected chi connectivity index (χ0v) is 31.1. The van der Waals surface area contributed by atoms with Gasteiger partial charge in [0.1, 0.15) is 16.7 Å². The van der Waals surface area contributed by atoms with Gasteiger partial charge < -0.3 is 8.83 Å². The molecule has 8 aromatic carbocycles. The molecule has 0 unspecified atom stereocenters. The summed E-state index contributed by atoms with van der Waals surface area (Å²) in [5.41, 5.74) is 11.7. The van der Waals surface area contributed by atoms with Crippen molar-refractivity contribution in [1.29, 1.82) is 0 Å². The highest BCUT2D eigenvalue weighted by Gasteiger charge is 2.35. The smallest absolute Gasteiger partial charge is 0.227 e. The molecule has 0 aliphatic heterocycles. The molecule has 0 fully saturated rings. The van der Waals surface area contributed by atoms with E-state index in [0.717, 1.165) is 65.9 Å². The number of aromatic nitrogens is 4. The van der Waals surface area contributed by atoms with Crippen LogP contribution in [0.5, 0.6) is 0 Å². The molecule has 3 aromatic heterocycles. The molecule has 1 aliphatic carbocycles. The number of furan rings is 1. The Morgan fingerprint density at radius 2 is 1.04 bits per heavy atom. The molecule has 0 spiro atoms. The van der Waals surface area contributed by atoms with E-state index in [1.807, 2.05) is 48.5 Å². The lowest BCUT2D eigenvalue weighted by Crippen LogP contribution is -2.14. The van der Waals surface area contributed by atoms with E-state index in [2.05, 4.69) is 123 Å². The van der Waals surface area contributed by atoms with Crippen molar-refractivity contribution in [2.75, 3.05) is 0 Å². The maximum atomic E-state index is 6.52. The van der Waals surface area contributed by atoms with Gasteiger partial charge in [0.15, 0.2) is 23.1 Å². The Hall–Kier alpha value is -7.44. The van der Waals surface area contributed by atoms with Crippen LogP contribution in [-0.2, 0) is 5.41 Å². The van der Waals surface area contributed by atoms with Gasteiger partial charge in [-0.3, -0.25) is 0 Å². The first-order valence-electron chi connectivity index (χ1n) is 19.2. The van der Waals surface area contributed by atoms with Gasteiger partial charge in [0, 0.05) is 33.1 Å². The van der Waals surface area contributed by atoms with Crippen LogP contribution >= 0.6 is 0 Å². The van der Waals surface area contributed by atoms with Crippen LogP contribution in [0.1, 0.15) is 25.0 Å². The molecule has 0 amide bonds. The van der Waals surface area contributed by atoms with E-state index in [1.54, 1.807) is 0 Å². The van der Waals surface area contributed by atoms with E-state index in [-0.39, 0.29) is 5.41 Å². The maximum Gasteiger partial charge on any atom is 0.227 e. The van der Waals surface area contributed by atoms with E-state index >= 15 is 0 Å². The normalized spacial score (nSPS) is 13.2. The fourth-order valence-corrected chi connectivity index (χ4v) is 8.85. The van der Waals surface area contributed by atoms with Crippen LogP contribution in [-0.4, -0.2) is 19.9 Å². The molecule has 1 aliphatic rings. The molecule has 0 saturated heterocycles.